The number of nitrogens with zero attached hydrogens (tertiary/aromatic N) is 3. The third-order valence-electron chi connectivity index (χ3n) is 4.16. The molecular weight excluding hydrogens is 354 g/mol. The second-order valence-corrected chi connectivity index (χ2v) is 6.35. The maximum Gasteiger partial charge on any atom is 0.214 e. The number of benzene rings is 1. The summed E-state index contributed by atoms with van der Waals surface area (Å²) in [7, 11) is 0. The first kappa shape index (κ1) is 12.8. The molecule has 4 aromatic rings. The van der Waals surface area contributed by atoms with E-state index in [9.17, 15) is 4.79 Å². The molecule has 3 heterocycles. The van der Waals surface area contributed by atoms with Crippen molar-refractivity contribution in [3.05, 3.63) is 64.5 Å². The maximum atomic E-state index is 12.9. The Morgan fingerprint density at radius 3 is 2.74 bits per heavy atom. The molecule has 1 aromatic carbocycles. The minimum atomic E-state index is -0.0968. The molecule has 5 rings (SSSR count). The Kier molecular flexibility index (Phi) is 2.47. The van der Waals surface area contributed by atoms with Crippen LogP contribution >= 0.6 is 15.9 Å². The van der Waals surface area contributed by atoms with Gasteiger partial charge in [-0.05, 0) is 36.4 Å². The fraction of sp³-hybridized carbons (Fsp3) is 0. The number of hydrogen-bond acceptors (Lipinski definition) is 4. The minimum absolute atomic E-state index is 0.0968. The van der Waals surface area contributed by atoms with E-state index in [2.05, 4.69) is 30.9 Å². The predicted molar refractivity (Wildman–Crippen MR) is 91.4 cm³/mol. The lowest BCUT2D eigenvalue weighted by Crippen LogP contribution is -2.13. The highest BCUT2D eigenvalue weighted by Crippen LogP contribution is 2.39. The normalized spacial score (nSPS) is 12.7. The van der Waals surface area contributed by atoms with Gasteiger partial charge in [0.25, 0.3) is 0 Å². The summed E-state index contributed by atoms with van der Waals surface area (Å²) in [5.74, 6) is -0.0968. The van der Waals surface area contributed by atoms with Crippen LogP contribution < -0.4 is 0 Å². The van der Waals surface area contributed by atoms with E-state index in [1.807, 2.05) is 24.3 Å². The SMILES string of the molecule is O=C1c2cccnc2-c2ccnc3c2c1nc1cc(Br)ccc13. The highest BCUT2D eigenvalue weighted by Gasteiger charge is 2.28. The van der Waals surface area contributed by atoms with Crippen LogP contribution in [0.3, 0.4) is 0 Å². The highest BCUT2D eigenvalue weighted by molar-refractivity contribution is 9.10. The summed E-state index contributed by atoms with van der Waals surface area (Å²) < 4.78 is 0.922. The largest absolute Gasteiger partial charge is 0.287 e. The molecule has 0 atom stereocenters. The fourth-order valence-corrected chi connectivity index (χ4v) is 3.52. The lowest BCUT2D eigenvalue weighted by Gasteiger charge is -2.18. The molecule has 1 aliphatic carbocycles. The summed E-state index contributed by atoms with van der Waals surface area (Å²) in [4.78, 5) is 26.4. The van der Waals surface area contributed by atoms with Gasteiger partial charge in [0.15, 0.2) is 0 Å². The molecular formula is C18H8BrN3O. The number of aromatic nitrogens is 3. The number of fused-ring (bicyclic) bond motifs is 4. The van der Waals surface area contributed by atoms with Crippen LogP contribution in [0.25, 0.3) is 33.1 Å². The summed E-state index contributed by atoms with van der Waals surface area (Å²) >= 11 is 3.46. The van der Waals surface area contributed by atoms with Crippen molar-refractivity contribution in [2.45, 2.75) is 0 Å². The topological polar surface area (TPSA) is 55.7 Å². The molecule has 0 N–H and O–H groups in total. The first-order valence-corrected chi connectivity index (χ1v) is 7.91. The van der Waals surface area contributed by atoms with Gasteiger partial charge in [-0.2, -0.15) is 0 Å². The van der Waals surface area contributed by atoms with Crippen molar-refractivity contribution >= 4 is 43.5 Å². The van der Waals surface area contributed by atoms with Crippen molar-refractivity contribution in [3.8, 4) is 11.3 Å². The number of pyridine rings is 3. The summed E-state index contributed by atoms with van der Waals surface area (Å²) in [5, 5.41) is 1.72. The van der Waals surface area contributed by atoms with Crippen molar-refractivity contribution in [2.75, 3.05) is 0 Å². The highest BCUT2D eigenvalue weighted by atomic mass is 79.9. The van der Waals surface area contributed by atoms with Crippen LogP contribution in [-0.2, 0) is 0 Å². The van der Waals surface area contributed by atoms with E-state index in [0.29, 0.717) is 17.0 Å². The van der Waals surface area contributed by atoms with Crippen molar-refractivity contribution < 1.29 is 4.79 Å². The van der Waals surface area contributed by atoms with E-state index in [4.69, 9.17) is 0 Å². The number of hydrogen-bond donors (Lipinski definition) is 0. The summed E-state index contributed by atoms with van der Waals surface area (Å²) in [6.07, 6.45) is 3.46. The van der Waals surface area contributed by atoms with Crippen LogP contribution in [-0.4, -0.2) is 20.7 Å². The van der Waals surface area contributed by atoms with Crippen LogP contribution in [0.2, 0.25) is 0 Å². The molecule has 0 fully saturated rings. The quantitative estimate of drug-likeness (QED) is 0.388. The first-order valence-electron chi connectivity index (χ1n) is 7.12. The van der Waals surface area contributed by atoms with Crippen LogP contribution in [0.4, 0.5) is 0 Å². The van der Waals surface area contributed by atoms with Crippen molar-refractivity contribution in [1.82, 2.24) is 15.0 Å². The third kappa shape index (κ3) is 1.65. The number of carbonyl (C=O) groups is 1. The molecule has 0 spiro atoms. The molecule has 23 heavy (non-hydrogen) atoms. The number of carbonyl (C=O) groups excluding carboxylic acids is 1. The van der Waals surface area contributed by atoms with Gasteiger partial charge in [0.1, 0.15) is 5.69 Å². The molecule has 5 heteroatoms. The monoisotopic (exact) mass is 361 g/mol. The number of halogens is 1. The van der Waals surface area contributed by atoms with Gasteiger partial charge >= 0.3 is 0 Å². The van der Waals surface area contributed by atoms with E-state index in [1.165, 1.54) is 0 Å². The van der Waals surface area contributed by atoms with Gasteiger partial charge < -0.3 is 0 Å². The summed E-state index contributed by atoms with van der Waals surface area (Å²) in [6.45, 7) is 0. The maximum absolute atomic E-state index is 12.9. The Bertz CT molecular complexity index is 1150. The van der Waals surface area contributed by atoms with Crippen molar-refractivity contribution in [2.24, 2.45) is 0 Å². The van der Waals surface area contributed by atoms with Crippen molar-refractivity contribution in [1.29, 1.82) is 0 Å². The van der Waals surface area contributed by atoms with E-state index < -0.39 is 0 Å². The number of ketones is 1. The van der Waals surface area contributed by atoms with Gasteiger partial charge in [-0.3, -0.25) is 14.8 Å². The molecule has 0 unspecified atom stereocenters. The third-order valence-corrected chi connectivity index (χ3v) is 4.65. The zero-order valence-corrected chi connectivity index (χ0v) is 13.3. The second-order valence-electron chi connectivity index (χ2n) is 5.43. The second kappa shape index (κ2) is 4.43. The van der Waals surface area contributed by atoms with Gasteiger partial charge in [-0.15, -0.1) is 0 Å². The fourth-order valence-electron chi connectivity index (χ4n) is 3.17. The van der Waals surface area contributed by atoms with Crippen LogP contribution in [0.1, 0.15) is 16.1 Å². The summed E-state index contributed by atoms with van der Waals surface area (Å²) in [6, 6.07) is 11.3. The molecule has 1 aliphatic rings. The number of rotatable bonds is 0. The molecule has 0 bridgehead atoms. The standard InChI is InChI=1S/C18H8BrN3O/c19-9-3-4-10-13(8-9)22-17-14-11(5-7-21-16(10)14)15-12(18(17)23)2-1-6-20-15/h1-8H. The van der Waals surface area contributed by atoms with Gasteiger partial charge in [-0.25, -0.2) is 4.98 Å². The van der Waals surface area contributed by atoms with Crippen LogP contribution in [0, 0.1) is 0 Å². The van der Waals surface area contributed by atoms with Gasteiger partial charge in [0, 0.05) is 33.2 Å². The summed E-state index contributed by atoms with van der Waals surface area (Å²) in [5.41, 5.74) is 4.21. The predicted octanol–water partition coefficient (Wildman–Crippen LogP) is 4.15. The zero-order chi connectivity index (χ0) is 15.6. The Morgan fingerprint density at radius 1 is 0.913 bits per heavy atom. The molecule has 0 radical (unpaired) electrons. The Hall–Kier alpha value is -2.66. The van der Waals surface area contributed by atoms with E-state index in [0.717, 1.165) is 31.8 Å². The van der Waals surface area contributed by atoms with E-state index in [-0.39, 0.29) is 5.78 Å². The van der Waals surface area contributed by atoms with Crippen LogP contribution in [0.15, 0.2) is 53.3 Å². The molecule has 0 amide bonds. The van der Waals surface area contributed by atoms with E-state index in [1.54, 1.807) is 24.5 Å². The first-order chi connectivity index (χ1) is 11.2. The average Bonchev–Trinajstić information content (AvgIpc) is 2.59. The van der Waals surface area contributed by atoms with Crippen LogP contribution in [0.5, 0.6) is 0 Å². The zero-order valence-electron chi connectivity index (χ0n) is 11.7. The van der Waals surface area contributed by atoms with Gasteiger partial charge in [0.05, 0.1) is 22.3 Å². The minimum Gasteiger partial charge on any atom is -0.287 e. The van der Waals surface area contributed by atoms with Gasteiger partial charge in [0.2, 0.25) is 5.78 Å². The lowest BCUT2D eigenvalue weighted by molar-refractivity contribution is 0.103. The molecule has 108 valence electrons. The lowest BCUT2D eigenvalue weighted by atomic mass is 9.89. The average molecular weight is 362 g/mol. The Morgan fingerprint density at radius 2 is 1.83 bits per heavy atom. The Balaban J connectivity index is 2.06. The van der Waals surface area contributed by atoms with Gasteiger partial charge in [-0.1, -0.05) is 15.9 Å². The molecule has 0 saturated carbocycles. The molecule has 0 saturated heterocycles. The molecule has 3 aromatic heterocycles. The van der Waals surface area contributed by atoms with E-state index >= 15 is 0 Å². The molecule has 0 aliphatic heterocycles. The molecule has 4 nitrogen and oxygen atoms in total. The van der Waals surface area contributed by atoms with Crippen molar-refractivity contribution in [3.63, 3.8) is 0 Å². The Labute approximate surface area is 139 Å². The smallest absolute Gasteiger partial charge is 0.214 e.